The Morgan fingerprint density at radius 1 is 1.25 bits per heavy atom. The molecule has 20 heavy (non-hydrogen) atoms. The minimum atomic E-state index is 0.573. The number of imidazole rings is 1. The molecule has 0 bridgehead atoms. The van der Waals surface area contributed by atoms with E-state index in [0.717, 1.165) is 18.5 Å². The van der Waals surface area contributed by atoms with Crippen molar-refractivity contribution in [3.63, 3.8) is 0 Å². The van der Waals surface area contributed by atoms with Crippen LogP contribution in [0.4, 0.5) is 0 Å². The summed E-state index contributed by atoms with van der Waals surface area (Å²) in [7, 11) is 0. The smallest absolute Gasteiger partial charge is 0.109 e. The van der Waals surface area contributed by atoms with Crippen LogP contribution in [0.15, 0.2) is 24.3 Å². The first-order valence-electron chi connectivity index (χ1n) is 8.04. The van der Waals surface area contributed by atoms with E-state index >= 15 is 0 Å². The van der Waals surface area contributed by atoms with Gasteiger partial charge in [0.2, 0.25) is 0 Å². The number of nitrogens with zero attached hydrogens (tertiary/aromatic N) is 2. The number of nitrogens with one attached hydrogen (secondary N) is 1. The first-order chi connectivity index (χ1) is 9.85. The molecule has 1 saturated carbocycles. The molecule has 1 aromatic heterocycles. The Morgan fingerprint density at radius 2 is 2.10 bits per heavy atom. The second kappa shape index (κ2) is 5.96. The average Bonchev–Trinajstić information content (AvgIpc) is 3.07. The summed E-state index contributed by atoms with van der Waals surface area (Å²) in [6.07, 6.45) is 6.09. The highest BCUT2D eigenvalue weighted by Gasteiger charge is 2.30. The van der Waals surface area contributed by atoms with Crippen molar-refractivity contribution < 1.29 is 0 Å². The van der Waals surface area contributed by atoms with Gasteiger partial charge >= 0.3 is 0 Å². The van der Waals surface area contributed by atoms with Crippen LogP contribution in [-0.4, -0.2) is 22.1 Å². The van der Waals surface area contributed by atoms with Crippen molar-refractivity contribution in [2.45, 2.75) is 58.0 Å². The summed E-state index contributed by atoms with van der Waals surface area (Å²) in [6, 6.07) is 9.75. The number of rotatable bonds is 5. The Balaban J connectivity index is 1.99. The van der Waals surface area contributed by atoms with Crippen molar-refractivity contribution in [3.05, 3.63) is 30.1 Å². The van der Waals surface area contributed by atoms with Crippen molar-refractivity contribution in [2.75, 3.05) is 6.54 Å². The van der Waals surface area contributed by atoms with E-state index in [0.29, 0.717) is 12.1 Å². The second-order valence-corrected chi connectivity index (χ2v) is 5.80. The molecular weight excluding hydrogens is 246 g/mol. The van der Waals surface area contributed by atoms with E-state index in [2.05, 4.69) is 48.0 Å². The molecule has 0 amide bonds. The SMILES string of the molecule is CCCNC1CCCC1n1c(CC)nc2ccccc21. The third-order valence-electron chi connectivity index (χ3n) is 4.45. The van der Waals surface area contributed by atoms with Crippen LogP contribution in [0.1, 0.15) is 51.4 Å². The number of benzene rings is 1. The lowest BCUT2D eigenvalue weighted by Crippen LogP contribution is -2.34. The molecule has 0 radical (unpaired) electrons. The van der Waals surface area contributed by atoms with Gasteiger partial charge in [-0.2, -0.15) is 0 Å². The summed E-state index contributed by atoms with van der Waals surface area (Å²) in [5.74, 6) is 1.24. The van der Waals surface area contributed by atoms with E-state index in [9.17, 15) is 0 Å². The van der Waals surface area contributed by atoms with Crippen LogP contribution in [0, 0.1) is 0 Å². The minimum absolute atomic E-state index is 0.573. The molecule has 2 aromatic rings. The normalized spacial score (nSPS) is 22.7. The van der Waals surface area contributed by atoms with E-state index in [-0.39, 0.29) is 0 Å². The van der Waals surface area contributed by atoms with Crippen molar-refractivity contribution in [1.82, 2.24) is 14.9 Å². The van der Waals surface area contributed by atoms with Crippen molar-refractivity contribution in [3.8, 4) is 0 Å². The molecule has 108 valence electrons. The van der Waals surface area contributed by atoms with Crippen LogP contribution in [0.2, 0.25) is 0 Å². The number of fused-ring (bicyclic) bond motifs is 1. The molecule has 3 heteroatoms. The Hall–Kier alpha value is -1.35. The number of para-hydroxylation sites is 2. The topological polar surface area (TPSA) is 29.9 Å². The maximum Gasteiger partial charge on any atom is 0.109 e. The molecule has 2 atom stereocenters. The zero-order valence-electron chi connectivity index (χ0n) is 12.6. The Labute approximate surface area is 121 Å². The molecule has 1 N–H and O–H groups in total. The summed E-state index contributed by atoms with van der Waals surface area (Å²) in [4.78, 5) is 4.83. The predicted octanol–water partition coefficient (Wildman–Crippen LogP) is 3.69. The van der Waals surface area contributed by atoms with Crippen LogP contribution < -0.4 is 5.32 Å². The van der Waals surface area contributed by atoms with Gasteiger partial charge in [-0.15, -0.1) is 0 Å². The molecule has 1 heterocycles. The van der Waals surface area contributed by atoms with Crippen LogP contribution in [-0.2, 0) is 6.42 Å². The Kier molecular flexibility index (Phi) is 4.06. The van der Waals surface area contributed by atoms with E-state index in [1.54, 1.807) is 0 Å². The highest BCUT2D eigenvalue weighted by Crippen LogP contribution is 2.34. The molecule has 1 aromatic carbocycles. The number of aryl methyl sites for hydroxylation is 1. The highest BCUT2D eigenvalue weighted by molar-refractivity contribution is 5.76. The molecule has 1 aliphatic rings. The fourth-order valence-corrected chi connectivity index (χ4v) is 3.53. The van der Waals surface area contributed by atoms with Crippen molar-refractivity contribution in [2.24, 2.45) is 0 Å². The highest BCUT2D eigenvalue weighted by atomic mass is 15.1. The summed E-state index contributed by atoms with van der Waals surface area (Å²) in [5, 5.41) is 3.74. The van der Waals surface area contributed by atoms with Crippen LogP contribution >= 0.6 is 0 Å². The van der Waals surface area contributed by atoms with Gasteiger partial charge in [0.1, 0.15) is 5.82 Å². The maximum absolute atomic E-state index is 4.83. The largest absolute Gasteiger partial charge is 0.323 e. The second-order valence-electron chi connectivity index (χ2n) is 5.80. The van der Waals surface area contributed by atoms with Crippen LogP contribution in [0.3, 0.4) is 0 Å². The molecule has 0 aliphatic heterocycles. The Morgan fingerprint density at radius 3 is 2.90 bits per heavy atom. The third-order valence-corrected chi connectivity index (χ3v) is 4.45. The first-order valence-corrected chi connectivity index (χ1v) is 8.04. The van der Waals surface area contributed by atoms with Gasteiger partial charge in [0.05, 0.1) is 17.1 Å². The quantitative estimate of drug-likeness (QED) is 0.898. The fraction of sp³-hybridized carbons (Fsp3) is 0.588. The van der Waals surface area contributed by atoms with Gasteiger partial charge < -0.3 is 9.88 Å². The molecule has 3 nitrogen and oxygen atoms in total. The predicted molar refractivity (Wildman–Crippen MR) is 84.1 cm³/mol. The van der Waals surface area contributed by atoms with E-state index in [4.69, 9.17) is 4.98 Å². The molecular formula is C17H25N3. The maximum atomic E-state index is 4.83. The summed E-state index contributed by atoms with van der Waals surface area (Å²) >= 11 is 0. The molecule has 3 rings (SSSR count). The zero-order chi connectivity index (χ0) is 13.9. The van der Waals surface area contributed by atoms with Crippen molar-refractivity contribution in [1.29, 1.82) is 0 Å². The van der Waals surface area contributed by atoms with Gasteiger partial charge in [0.25, 0.3) is 0 Å². The van der Waals surface area contributed by atoms with Gasteiger partial charge in [-0.1, -0.05) is 26.0 Å². The van der Waals surface area contributed by atoms with Crippen LogP contribution in [0.5, 0.6) is 0 Å². The summed E-state index contributed by atoms with van der Waals surface area (Å²) in [6.45, 7) is 5.57. The molecule has 2 unspecified atom stereocenters. The van der Waals surface area contributed by atoms with Gasteiger partial charge in [-0.3, -0.25) is 0 Å². The lowest BCUT2D eigenvalue weighted by molar-refractivity contribution is 0.392. The zero-order valence-corrected chi connectivity index (χ0v) is 12.6. The standard InChI is InChI=1S/C17H25N3/c1-3-12-18-13-9-7-11-15(13)20-16-10-6-5-8-14(16)19-17(20)4-2/h5-6,8,10,13,15,18H,3-4,7,9,11-12H2,1-2H3. The van der Waals surface area contributed by atoms with Gasteiger partial charge in [-0.05, 0) is 44.4 Å². The minimum Gasteiger partial charge on any atom is -0.323 e. The fourth-order valence-electron chi connectivity index (χ4n) is 3.53. The van der Waals surface area contributed by atoms with Gasteiger partial charge in [0.15, 0.2) is 0 Å². The third kappa shape index (κ3) is 2.35. The first kappa shape index (κ1) is 13.6. The molecule has 0 spiro atoms. The van der Waals surface area contributed by atoms with E-state index in [1.165, 1.54) is 37.0 Å². The summed E-state index contributed by atoms with van der Waals surface area (Å²) in [5.41, 5.74) is 2.45. The van der Waals surface area contributed by atoms with Gasteiger partial charge in [0, 0.05) is 12.5 Å². The van der Waals surface area contributed by atoms with Gasteiger partial charge in [-0.25, -0.2) is 4.98 Å². The van der Waals surface area contributed by atoms with E-state index in [1.807, 2.05) is 0 Å². The van der Waals surface area contributed by atoms with Crippen LogP contribution in [0.25, 0.3) is 11.0 Å². The van der Waals surface area contributed by atoms with Crippen molar-refractivity contribution >= 4 is 11.0 Å². The number of aromatic nitrogens is 2. The molecule has 0 saturated heterocycles. The lowest BCUT2D eigenvalue weighted by atomic mass is 10.1. The average molecular weight is 271 g/mol. The number of hydrogen-bond donors (Lipinski definition) is 1. The molecule has 1 fully saturated rings. The number of hydrogen-bond acceptors (Lipinski definition) is 2. The summed E-state index contributed by atoms with van der Waals surface area (Å²) < 4.78 is 2.51. The molecule has 1 aliphatic carbocycles. The monoisotopic (exact) mass is 271 g/mol. The Bertz CT molecular complexity index is 573. The lowest BCUT2D eigenvalue weighted by Gasteiger charge is -2.24. The van der Waals surface area contributed by atoms with E-state index < -0.39 is 0 Å².